The highest BCUT2D eigenvalue weighted by Crippen LogP contribution is 2.30. The second-order valence-corrected chi connectivity index (χ2v) is 9.34. The van der Waals surface area contributed by atoms with Gasteiger partial charge in [0.25, 0.3) is 5.82 Å². The Labute approximate surface area is 194 Å². The number of H-pyrrole nitrogens is 1. The molecule has 4 rings (SSSR count). The number of rotatable bonds is 9. The van der Waals surface area contributed by atoms with Crippen LogP contribution in [0.25, 0.3) is 28.2 Å². The third-order valence-corrected chi connectivity index (χ3v) is 6.40. The van der Waals surface area contributed by atoms with E-state index in [9.17, 15) is 13.0 Å². The van der Waals surface area contributed by atoms with Crippen molar-refractivity contribution in [3.8, 4) is 11.1 Å². The molecular weight excluding hydrogens is 434 g/mol. The molecule has 0 aliphatic rings. The summed E-state index contributed by atoms with van der Waals surface area (Å²) in [5, 5.41) is 3.28. The Balaban J connectivity index is 1.76. The van der Waals surface area contributed by atoms with Crippen LogP contribution in [0.5, 0.6) is 0 Å². The SMILES string of the molecule is CC[n+]1c(C=CNc2ccccc2)[nH]c2c(CCCS(=O)(=O)[O-])c(-c3ccccc3)ccc21. The van der Waals surface area contributed by atoms with Crippen molar-refractivity contribution in [1.29, 1.82) is 0 Å². The molecule has 0 amide bonds. The third-order valence-electron chi connectivity index (χ3n) is 5.61. The molecule has 3 aromatic carbocycles. The van der Waals surface area contributed by atoms with Gasteiger partial charge in [-0.1, -0.05) is 48.5 Å². The number of nitrogens with one attached hydrogen (secondary N) is 2. The first-order chi connectivity index (χ1) is 16.0. The molecule has 0 radical (unpaired) electrons. The molecule has 0 spiro atoms. The van der Waals surface area contributed by atoms with Gasteiger partial charge in [0.05, 0.1) is 16.7 Å². The van der Waals surface area contributed by atoms with Crippen LogP contribution in [0.15, 0.2) is 79.0 Å². The molecule has 7 heteroatoms. The smallest absolute Gasteiger partial charge is 0.281 e. The molecule has 1 heterocycles. The molecular formula is C26H27N3O3S. The second kappa shape index (κ2) is 10.0. The van der Waals surface area contributed by atoms with E-state index in [0.29, 0.717) is 6.42 Å². The highest BCUT2D eigenvalue weighted by molar-refractivity contribution is 7.85. The van der Waals surface area contributed by atoms with Gasteiger partial charge in [0.1, 0.15) is 0 Å². The average molecular weight is 462 g/mol. The summed E-state index contributed by atoms with van der Waals surface area (Å²) in [6.45, 7) is 2.86. The van der Waals surface area contributed by atoms with Gasteiger partial charge in [-0.2, -0.15) is 0 Å². The van der Waals surface area contributed by atoms with Crippen LogP contribution in [0.4, 0.5) is 5.69 Å². The first-order valence-corrected chi connectivity index (χ1v) is 12.6. The normalized spacial score (nSPS) is 11.9. The number of imidazole rings is 1. The van der Waals surface area contributed by atoms with Crippen molar-refractivity contribution in [3.05, 3.63) is 90.4 Å². The Hall–Kier alpha value is -3.42. The Morgan fingerprint density at radius 3 is 2.36 bits per heavy atom. The summed E-state index contributed by atoms with van der Waals surface area (Å²) in [4.78, 5) is 3.54. The zero-order chi connectivity index (χ0) is 23.3. The molecule has 0 bridgehead atoms. The molecule has 0 aliphatic heterocycles. The summed E-state index contributed by atoms with van der Waals surface area (Å²) < 4.78 is 35.8. The number of aromatic amines is 1. The van der Waals surface area contributed by atoms with E-state index in [1.165, 1.54) is 0 Å². The molecule has 170 valence electrons. The number of benzene rings is 3. The van der Waals surface area contributed by atoms with Gasteiger partial charge < -0.3 is 9.87 Å². The van der Waals surface area contributed by atoms with Crippen molar-refractivity contribution in [2.45, 2.75) is 26.3 Å². The summed E-state index contributed by atoms with van der Waals surface area (Å²) in [5.41, 5.74) is 6.10. The second-order valence-electron chi connectivity index (χ2n) is 7.82. The monoisotopic (exact) mass is 461 g/mol. The number of nitrogens with zero attached hydrogens (tertiary/aromatic N) is 1. The van der Waals surface area contributed by atoms with Gasteiger partial charge in [-0.25, -0.2) is 18.0 Å². The van der Waals surface area contributed by atoms with Gasteiger partial charge in [-0.05, 0) is 55.2 Å². The maximum Gasteiger partial charge on any atom is 0.281 e. The van der Waals surface area contributed by atoms with Gasteiger partial charge in [0.15, 0.2) is 11.0 Å². The van der Waals surface area contributed by atoms with Crippen LogP contribution in [0, 0.1) is 0 Å². The maximum absolute atomic E-state index is 11.2. The van der Waals surface area contributed by atoms with E-state index in [1.807, 2.05) is 72.9 Å². The number of hydrogen-bond acceptors (Lipinski definition) is 4. The summed E-state index contributed by atoms with van der Waals surface area (Å²) in [6.07, 6.45) is 4.65. The Kier molecular flexibility index (Phi) is 6.91. The summed E-state index contributed by atoms with van der Waals surface area (Å²) in [5.74, 6) is 0.554. The topological polar surface area (TPSA) is 88.9 Å². The summed E-state index contributed by atoms with van der Waals surface area (Å²) in [7, 11) is -4.26. The fraction of sp³-hybridized carbons (Fsp3) is 0.192. The fourth-order valence-corrected chi connectivity index (χ4v) is 4.62. The van der Waals surface area contributed by atoms with Crippen LogP contribution in [0.1, 0.15) is 24.7 Å². The van der Waals surface area contributed by atoms with E-state index in [1.54, 1.807) is 0 Å². The van der Waals surface area contributed by atoms with Crippen molar-refractivity contribution in [2.75, 3.05) is 11.1 Å². The van der Waals surface area contributed by atoms with E-state index in [2.05, 4.69) is 33.9 Å². The molecule has 1 aromatic heterocycles. The van der Waals surface area contributed by atoms with Crippen molar-refractivity contribution >= 4 is 32.9 Å². The molecule has 4 aromatic rings. The lowest BCUT2D eigenvalue weighted by Gasteiger charge is -2.11. The number of aryl methyl sites for hydroxylation is 2. The Morgan fingerprint density at radius 2 is 1.70 bits per heavy atom. The first kappa shape index (κ1) is 22.8. The predicted octanol–water partition coefficient (Wildman–Crippen LogP) is 4.70. The number of hydrogen-bond donors (Lipinski definition) is 2. The molecule has 2 N–H and O–H groups in total. The highest BCUT2D eigenvalue weighted by Gasteiger charge is 2.21. The van der Waals surface area contributed by atoms with E-state index in [-0.39, 0.29) is 12.2 Å². The first-order valence-electron chi connectivity index (χ1n) is 11.0. The van der Waals surface area contributed by atoms with Crippen LogP contribution in [-0.2, 0) is 23.1 Å². The number of para-hydroxylation sites is 1. The molecule has 0 saturated heterocycles. The molecule has 0 saturated carbocycles. The zero-order valence-electron chi connectivity index (χ0n) is 18.5. The van der Waals surface area contributed by atoms with Gasteiger partial charge >= 0.3 is 0 Å². The largest absolute Gasteiger partial charge is 0.748 e. The third kappa shape index (κ3) is 5.50. The Bertz CT molecular complexity index is 1360. The van der Waals surface area contributed by atoms with Crippen LogP contribution < -0.4 is 9.88 Å². The maximum atomic E-state index is 11.2. The minimum Gasteiger partial charge on any atom is -0.748 e. The van der Waals surface area contributed by atoms with Crippen LogP contribution in [0.3, 0.4) is 0 Å². The van der Waals surface area contributed by atoms with E-state index in [0.717, 1.165) is 45.8 Å². The average Bonchev–Trinajstić information content (AvgIpc) is 3.17. The quantitative estimate of drug-likeness (QED) is 0.279. The summed E-state index contributed by atoms with van der Waals surface area (Å²) >= 11 is 0. The van der Waals surface area contributed by atoms with Crippen molar-refractivity contribution in [2.24, 2.45) is 0 Å². The lowest BCUT2D eigenvalue weighted by atomic mass is 9.95. The fourth-order valence-electron chi connectivity index (χ4n) is 4.12. The van der Waals surface area contributed by atoms with Crippen molar-refractivity contribution in [3.63, 3.8) is 0 Å². The van der Waals surface area contributed by atoms with Gasteiger partial charge in [0.2, 0.25) is 0 Å². The predicted molar refractivity (Wildman–Crippen MR) is 132 cm³/mol. The minimum absolute atomic E-state index is 0.274. The molecule has 33 heavy (non-hydrogen) atoms. The molecule has 6 nitrogen and oxygen atoms in total. The van der Waals surface area contributed by atoms with E-state index < -0.39 is 10.1 Å². The number of aromatic nitrogens is 2. The van der Waals surface area contributed by atoms with E-state index >= 15 is 0 Å². The van der Waals surface area contributed by atoms with Crippen LogP contribution in [0.2, 0.25) is 0 Å². The summed E-state index contributed by atoms with van der Waals surface area (Å²) in [6, 6.07) is 24.1. The van der Waals surface area contributed by atoms with Gasteiger partial charge in [-0.15, -0.1) is 0 Å². The van der Waals surface area contributed by atoms with E-state index in [4.69, 9.17) is 0 Å². The van der Waals surface area contributed by atoms with Gasteiger partial charge in [-0.3, -0.25) is 0 Å². The zero-order valence-corrected chi connectivity index (χ0v) is 19.3. The standard InChI is InChI=1S/C26H27N3O3S/c1-2-29-24-16-15-22(20-10-5-3-6-11-20)23(14-9-19-33(30,31)32)26(24)28-25(29)17-18-27-21-12-7-4-8-13-21/h3-8,10-13,15-18H,2,9,14,19H2,1H3,(H2,27,28,30,31,32). The minimum atomic E-state index is -4.26. The number of anilines is 1. The van der Waals surface area contributed by atoms with Crippen LogP contribution >= 0.6 is 0 Å². The molecule has 0 aliphatic carbocycles. The molecule has 0 fully saturated rings. The molecule has 0 unspecified atom stereocenters. The Morgan fingerprint density at radius 1 is 1.00 bits per heavy atom. The number of fused-ring (bicyclic) bond motifs is 1. The lowest BCUT2D eigenvalue weighted by Crippen LogP contribution is -2.34. The van der Waals surface area contributed by atoms with Crippen LogP contribution in [-0.4, -0.2) is 23.7 Å². The molecule has 0 atom stereocenters. The lowest BCUT2D eigenvalue weighted by molar-refractivity contribution is -0.669. The van der Waals surface area contributed by atoms with Crippen molar-refractivity contribution in [1.82, 2.24) is 4.98 Å². The highest BCUT2D eigenvalue weighted by atomic mass is 32.2. The van der Waals surface area contributed by atoms with Crippen molar-refractivity contribution < 1.29 is 17.5 Å². The van der Waals surface area contributed by atoms with Gasteiger partial charge in [0, 0.05) is 29.3 Å².